The molecule has 14 heavy (non-hydrogen) atoms. The van der Waals surface area contributed by atoms with Gasteiger partial charge in [-0.2, -0.15) is 4.98 Å². The number of hydrogen-bond donors (Lipinski definition) is 1. The number of nitrogens with zero attached hydrogens (tertiary/aromatic N) is 2. The van der Waals surface area contributed by atoms with Crippen LogP contribution in [-0.2, 0) is 15.6 Å². The van der Waals surface area contributed by atoms with Crippen molar-refractivity contribution in [3.8, 4) is 11.6 Å². The molecule has 1 heterocycles. The summed E-state index contributed by atoms with van der Waals surface area (Å²) in [7, 11) is -1.83. The van der Waals surface area contributed by atoms with E-state index in [2.05, 4.69) is 9.97 Å². The molecule has 1 aromatic rings. The van der Waals surface area contributed by atoms with Crippen LogP contribution in [0.3, 0.4) is 0 Å². The predicted octanol–water partition coefficient (Wildman–Crippen LogP) is -0.265. The van der Waals surface area contributed by atoms with E-state index in [1.807, 2.05) is 0 Å². The van der Waals surface area contributed by atoms with Gasteiger partial charge in [-0.1, -0.05) is 0 Å². The minimum absolute atomic E-state index is 0.0470. The van der Waals surface area contributed by atoms with Crippen molar-refractivity contribution in [2.75, 3.05) is 13.4 Å². The van der Waals surface area contributed by atoms with Gasteiger partial charge in [0.15, 0.2) is 15.6 Å². The van der Waals surface area contributed by atoms with E-state index in [1.165, 1.54) is 13.3 Å². The third-order valence-electron chi connectivity index (χ3n) is 1.40. The number of hydrogen-bond acceptors (Lipinski definition) is 6. The SMILES string of the molecule is COc1cnc(CS(C)(=O)=O)nc1O. The molecule has 0 amide bonds. The topological polar surface area (TPSA) is 89.4 Å². The standard InChI is InChI=1S/C7H10N2O4S/c1-13-5-3-8-6(9-7(5)10)4-14(2,11)12/h3H,4H2,1-2H3,(H,8,9,10). The van der Waals surface area contributed by atoms with Crippen molar-refractivity contribution in [3.05, 3.63) is 12.0 Å². The summed E-state index contributed by atoms with van der Waals surface area (Å²) < 4.78 is 26.5. The molecule has 0 aliphatic rings. The Morgan fingerprint density at radius 2 is 2.21 bits per heavy atom. The van der Waals surface area contributed by atoms with Crippen LogP contribution < -0.4 is 4.74 Å². The van der Waals surface area contributed by atoms with Crippen LogP contribution in [0.4, 0.5) is 0 Å². The molecule has 0 saturated carbocycles. The normalized spacial score (nSPS) is 11.3. The summed E-state index contributed by atoms with van der Waals surface area (Å²) in [6.07, 6.45) is 2.29. The molecular formula is C7H10N2O4S. The average molecular weight is 218 g/mol. The van der Waals surface area contributed by atoms with Gasteiger partial charge in [0.1, 0.15) is 11.6 Å². The van der Waals surface area contributed by atoms with E-state index in [1.54, 1.807) is 0 Å². The third kappa shape index (κ3) is 2.84. The maximum absolute atomic E-state index is 10.9. The lowest BCUT2D eigenvalue weighted by Gasteiger charge is -2.02. The van der Waals surface area contributed by atoms with Crippen molar-refractivity contribution in [1.82, 2.24) is 9.97 Å². The molecule has 6 nitrogen and oxygen atoms in total. The molecule has 7 heteroatoms. The fraction of sp³-hybridized carbons (Fsp3) is 0.429. The summed E-state index contributed by atoms with van der Waals surface area (Å²) in [4.78, 5) is 7.29. The summed E-state index contributed by atoms with van der Waals surface area (Å²) in [5.74, 6) is -0.501. The fourth-order valence-electron chi connectivity index (χ4n) is 0.845. The molecular weight excluding hydrogens is 208 g/mol. The Morgan fingerprint density at radius 1 is 1.57 bits per heavy atom. The minimum atomic E-state index is -3.19. The maximum atomic E-state index is 10.9. The predicted molar refractivity (Wildman–Crippen MR) is 48.8 cm³/mol. The van der Waals surface area contributed by atoms with Crippen LogP contribution in [0.25, 0.3) is 0 Å². The summed E-state index contributed by atoms with van der Waals surface area (Å²) in [5, 5.41) is 9.22. The zero-order chi connectivity index (χ0) is 10.8. The molecule has 0 aliphatic heterocycles. The van der Waals surface area contributed by atoms with Crippen LogP contribution in [0.2, 0.25) is 0 Å². The van der Waals surface area contributed by atoms with E-state index >= 15 is 0 Å². The van der Waals surface area contributed by atoms with Gasteiger partial charge in [0.25, 0.3) is 5.88 Å². The smallest absolute Gasteiger partial charge is 0.257 e. The minimum Gasteiger partial charge on any atom is -0.491 e. The van der Waals surface area contributed by atoms with Gasteiger partial charge in [-0.15, -0.1) is 0 Å². The summed E-state index contributed by atoms with van der Waals surface area (Å²) in [6.45, 7) is 0. The number of sulfone groups is 1. The molecule has 0 aliphatic carbocycles. The first-order valence-electron chi connectivity index (χ1n) is 3.69. The van der Waals surface area contributed by atoms with Crippen molar-refractivity contribution in [2.45, 2.75) is 5.75 Å². The zero-order valence-corrected chi connectivity index (χ0v) is 8.58. The molecule has 0 atom stereocenters. The van der Waals surface area contributed by atoms with E-state index in [0.29, 0.717) is 0 Å². The van der Waals surface area contributed by atoms with E-state index in [4.69, 9.17) is 4.74 Å². The molecule has 0 aromatic carbocycles. The largest absolute Gasteiger partial charge is 0.491 e. The van der Waals surface area contributed by atoms with Crippen LogP contribution in [0.5, 0.6) is 11.6 Å². The first kappa shape index (κ1) is 10.7. The van der Waals surface area contributed by atoms with Crippen LogP contribution in [-0.4, -0.2) is 36.9 Å². The summed E-state index contributed by atoms with van der Waals surface area (Å²) >= 11 is 0. The lowest BCUT2D eigenvalue weighted by Crippen LogP contribution is -2.05. The van der Waals surface area contributed by atoms with Crippen LogP contribution in [0.1, 0.15) is 5.82 Å². The maximum Gasteiger partial charge on any atom is 0.257 e. The second-order valence-electron chi connectivity index (χ2n) is 2.75. The second kappa shape index (κ2) is 3.79. The van der Waals surface area contributed by atoms with Crippen LogP contribution in [0.15, 0.2) is 6.20 Å². The number of methoxy groups -OCH3 is 1. The highest BCUT2D eigenvalue weighted by molar-refractivity contribution is 7.89. The van der Waals surface area contributed by atoms with E-state index in [0.717, 1.165) is 6.26 Å². The molecule has 78 valence electrons. The molecule has 0 unspecified atom stereocenters. The zero-order valence-electron chi connectivity index (χ0n) is 7.76. The number of aromatic nitrogens is 2. The highest BCUT2D eigenvalue weighted by Crippen LogP contribution is 2.20. The van der Waals surface area contributed by atoms with Gasteiger partial charge >= 0.3 is 0 Å². The van der Waals surface area contributed by atoms with Crippen molar-refractivity contribution < 1.29 is 18.3 Å². The van der Waals surface area contributed by atoms with E-state index in [9.17, 15) is 13.5 Å². The molecule has 0 fully saturated rings. The van der Waals surface area contributed by atoms with Gasteiger partial charge in [-0.05, 0) is 0 Å². The number of ether oxygens (including phenoxy) is 1. The van der Waals surface area contributed by atoms with Crippen molar-refractivity contribution in [1.29, 1.82) is 0 Å². The lowest BCUT2D eigenvalue weighted by atomic mass is 10.5. The van der Waals surface area contributed by atoms with Gasteiger partial charge in [0, 0.05) is 6.26 Å². The van der Waals surface area contributed by atoms with Crippen molar-refractivity contribution >= 4 is 9.84 Å². The third-order valence-corrected chi connectivity index (χ3v) is 2.18. The number of rotatable bonds is 3. The van der Waals surface area contributed by atoms with Crippen LogP contribution >= 0.6 is 0 Å². The Hall–Kier alpha value is -1.37. The molecule has 1 N–H and O–H groups in total. The molecule has 1 rings (SSSR count). The van der Waals surface area contributed by atoms with Gasteiger partial charge < -0.3 is 9.84 Å². The van der Waals surface area contributed by atoms with Gasteiger partial charge in [-0.3, -0.25) is 0 Å². The first-order valence-corrected chi connectivity index (χ1v) is 5.75. The molecule has 0 radical (unpaired) electrons. The van der Waals surface area contributed by atoms with Gasteiger partial charge in [0.2, 0.25) is 0 Å². The van der Waals surface area contributed by atoms with Gasteiger partial charge in [0.05, 0.1) is 13.3 Å². The van der Waals surface area contributed by atoms with Crippen LogP contribution in [0, 0.1) is 0 Å². The Bertz CT molecular complexity index is 429. The molecule has 1 aromatic heterocycles. The van der Waals surface area contributed by atoms with Gasteiger partial charge in [-0.25, -0.2) is 13.4 Å². The highest BCUT2D eigenvalue weighted by Gasteiger charge is 2.10. The second-order valence-corrected chi connectivity index (χ2v) is 4.89. The molecule has 0 spiro atoms. The van der Waals surface area contributed by atoms with Crippen molar-refractivity contribution in [3.63, 3.8) is 0 Å². The highest BCUT2D eigenvalue weighted by atomic mass is 32.2. The van der Waals surface area contributed by atoms with E-state index < -0.39 is 9.84 Å². The van der Waals surface area contributed by atoms with Crippen molar-refractivity contribution in [2.24, 2.45) is 0 Å². The Kier molecular flexibility index (Phi) is 2.90. The summed E-state index contributed by atoms with van der Waals surface area (Å²) in [6, 6.07) is 0. The summed E-state index contributed by atoms with van der Waals surface area (Å²) in [5.41, 5.74) is 0. The Balaban J connectivity index is 2.98. The first-order chi connectivity index (χ1) is 6.42. The molecule has 0 bridgehead atoms. The average Bonchev–Trinajstić information content (AvgIpc) is 2.01. The quantitative estimate of drug-likeness (QED) is 0.751. The Labute approximate surface area is 81.5 Å². The molecule has 0 saturated heterocycles. The monoisotopic (exact) mass is 218 g/mol. The lowest BCUT2D eigenvalue weighted by molar-refractivity contribution is 0.359. The Morgan fingerprint density at radius 3 is 2.64 bits per heavy atom. The number of aromatic hydroxyl groups is 1. The fourth-order valence-corrected chi connectivity index (χ4v) is 1.45. The van der Waals surface area contributed by atoms with E-state index in [-0.39, 0.29) is 23.2 Å².